The Morgan fingerprint density at radius 2 is 1.81 bits per heavy atom. The Kier molecular flexibility index (Phi) is 5.77. The van der Waals surface area contributed by atoms with Crippen molar-refractivity contribution in [3.05, 3.63) is 70.7 Å². The largest absolute Gasteiger partial charge is 0.379 e. The highest BCUT2D eigenvalue weighted by Gasteiger charge is 2.44. The molecule has 1 saturated carbocycles. The smallest absolute Gasteiger partial charge is 0.223 e. The van der Waals surface area contributed by atoms with E-state index in [-0.39, 0.29) is 23.8 Å². The zero-order valence-corrected chi connectivity index (χ0v) is 16.1. The molecule has 27 heavy (non-hydrogen) atoms. The highest BCUT2D eigenvalue weighted by Crippen LogP contribution is 2.49. The Labute approximate surface area is 165 Å². The SMILES string of the molecule is O=C(NCC(c1ccccc1)N1CCOCC1)C1CC1c1ccccc1Cl. The molecule has 3 atom stereocenters. The molecule has 2 fully saturated rings. The van der Waals surface area contributed by atoms with Gasteiger partial charge in [-0.15, -0.1) is 0 Å². The zero-order valence-electron chi connectivity index (χ0n) is 15.3. The molecule has 0 radical (unpaired) electrons. The molecular weight excluding hydrogens is 360 g/mol. The predicted molar refractivity (Wildman–Crippen MR) is 107 cm³/mol. The summed E-state index contributed by atoms with van der Waals surface area (Å²) in [5.74, 6) is 0.414. The highest BCUT2D eigenvalue weighted by atomic mass is 35.5. The van der Waals surface area contributed by atoms with Crippen LogP contribution in [0.3, 0.4) is 0 Å². The summed E-state index contributed by atoms with van der Waals surface area (Å²) < 4.78 is 5.49. The van der Waals surface area contributed by atoms with E-state index in [9.17, 15) is 4.79 Å². The van der Waals surface area contributed by atoms with Gasteiger partial charge in [-0.1, -0.05) is 60.1 Å². The van der Waals surface area contributed by atoms with E-state index in [0.717, 1.165) is 43.3 Å². The van der Waals surface area contributed by atoms with Gasteiger partial charge in [0, 0.05) is 30.6 Å². The summed E-state index contributed by atoms with van der Waals surface area (Å²) in [6, 6.07) is 18.4. The minimum absolute atomic E-state index is 0.0333. The standard InChI is InChI=1S/C22H25ClN2O2/c23-20-9-5-4-8-17(20)18-14-19(18)22(26)24-15-21(16-6-2-1-3-7-16)25-10-12-27-13-11-25/h1-9,18-19,21H,10-15H2,(H,24,26). The van der Waals surface area contributed by atoms with Crippen molar-refractivity contribution in [3.63, 3.8) is 0 Å². The lowest BCUT2D eigenvalue weighted by molar-refractivity contribution is -0.122. The highest BCUT2D eigenvalue weighted by molar-refractivity contribution is 6.31. The first-order valence-corrected chi connectivity index (χ1v) is 10.0. The van der Waals surface area contributed by atoms with Crippen molar-refractivity contribution in [2.75, 3.05) is 32.8 Å². The van der Waals surface area contributed by atoms with Crippen LogP contribution in [0, 0.1) is 5.92 Å². The van der Waals surface area contributed by atoms with E-state index in [1.54, 1.807) is 0 Å². The minimum Gasteiger partial charge on any atom is -0.379 e. The van der Waals surface area contributed by atoms with Gasteiger partial charge in [0.25, 0.3) is 0 Å². The van der Waals surface area contributed by atoms with Gasteiger partial charge in [0.05, 0.1) is 19.3 Å². The average Bonchev–Trinajstić information content (AvgIpc) is 3.51. The number of rotatable bonds is 6. The van der Waals surface area contributed by atoms with Gasteiger partial charge in [0.1, 0.15) is 0 Å². The molecule has 0 bridgehead atoms. The van der Waals surface area contributed by atoms with Crippen LogP contribution in [0.15, 0.2) is 54.6 Å². The molecule has 0 aromatic heterocycles. The van der Waals surface area contributed by atoms with Crippen molar-refractivity contribution in [2.45, 2.75) is 18.4 Å². The van der Waals surface area contributed by atoms with Gasteiger partial charge in [0.2, 0.25) is 5.91 Å². The third kappa shape index (κ3) is 4.34. The summed E-state index contributed by atoms with van der Waals surface area (Å²) in [6.45, 7) is 3.89. The number of carbonyl (C=O) groups excluding carboxylic acids is 1. The molecule has 0 spiro atoms. The van der Waals surface area contributed by atoms with E-state index in [1.165, 1.54) is 5.56 Å². The number of benzene rings is 2. The number of ether oxygens (including phenoxy) is 1. The number of amides is 1. The summed E-state index contributed by atoms with van der Waals surface area (Å²) in [4.78, 5) is 15.1. The maximum atomic E-state index is 12.7. The Hall–Kier alpha value is -1.88. The van der Waals surface area contributed by atoms with E-state index in [2.05, 4.69) is 34.5 Å². The van der Waals surface area contributed by atoms with Gasteiger partial charge in [-0.2, -0.15) is 0 Å². The molecule has 4 nitrogen and oxygen atoms in total. The normalized spacial score (nSPS) is 23.6. The molecule has 1 saturated heterocycles. The Balaban J connectivity index is 1.39. The summed E-state index contributed by atoms with van der Waals surface area (Å²) in [5, 5.41) is 3.95. The molecule has 2 aromatic carbocycles. The fraction of sp³-hybridized carbons (Fsp3) is 0.409. The molecule has 142 valence electrons. The maximum Gasteiger partial charge on any atom is 0.223 e. The number of carbonyl (C=O) groups is 1. The van der Waals surface area contributed by atoms with Crippen LogP contribution in [0.2, 0.25) is 5.02 Å². The molecular formula is C22H25ClN2O2. The molecule has 1 aliphatic carbocycles. The molecule has 1 N–H and O–H groups in total. The second kappa shape index (κ2) is 8.42. The van der Waals surface area contributed by atoms with Crippen molar-refractivity contribution < 1.29 is 9.53 Å². The minimum atomic E-state index is 0.0333. The second-order valence-corrected chi connectivity index (χ2v) is 7.70. The van der Waals surface area contributed by atoms with E-state index in [0.29, 0.717) is 6.54 Å². The van der Waals surface area contributed by atoms with Crippen molar-refractivity contribution in [1.82, 2.24) is 10.2 Å². The number of nitrogens with zero attached hydrogens (tertiary/aromatic N) is 1. The second-order valence-electron chi connectivity index (χ2n) is 7.29. The fourth-order valence-corrected chi connectivity index (χ4v) is 4.23. The topological polar surface area (TPSA) is 41.6 Å². The van der Waals surface area contributed by atoms with Gasteiger partial charge in [-0.3, -0.25) is 9.69 Å². The molecule has 1 heterocycles. The van der Waals surface area contributed by atoms with Crippen LogP contribution in [0.1, 0.15) is 29.5 Å². The molecule has 2 aromatic rings. The Morgan fingerprint density at radius 1 is 1.11 bits per heavy atom. The summed E-state index contributed by atoms with van der Waals surface area (Å²) in [7, 11) is 0. The van der Waals surface area contributed by atoms with Crippen LogP contribution >= 0.6 is 11.6 Å². The van der Waals surface area contributed by atoms with E-state index in [4.69, 9.17) is 16.3 Å². The molecule has 1 aliphatic heterocycles. The maximum absolute atomic E-state index is 12.7. The average molecular weight is 385 g/mol. The summed E-state index contributed by atoms with van der Waals surface area (Å²) in [5.41, 5.74) is 2.32. The molecule has 4 rings (SSSR count). The lowest BCUT2D eigenvalue weighted by atomic mass is 10.0. The number of hydrogen-bond acceptors (Lipinski definition) is 3. The van der Waals surface area contributed by atoms with Gasteiger partial charge in [-0.05, 0) is 29.5 Å². The Bertz CT molecular complexity index is 777. The van der Waals surface area contributed by atoms with Crippen LogP contribution in [0.4, 0.5) is 0 Å². The quantitative estimate of drug-likeness (QED) is 0.826. The van der Waals surface area contributed by atoms with Crippen LogP contribution < -0.4 is 5.32 Å². The third-order valence-electron chi connectivity index (χ3n) is 5.57. The zero-order chi connectivity index (χ0) is 18.6. The first kappa shape index (κ1) is 18.5. The summed E-state index contributed by atoms with van der Waals surface area (Å²) in [6.07, 6.45) is 0.878. The van der Waals surface area contributed by atoms with E-state index >= 15 is 0 Å². The van der Waals surface area contributed by atoms with Crippen molar-refractivity contribution in [2.24, 2.45) is 5.92 Å². The van der Waals surface area contributed by atoms with Crippen molar-refractivity contribution >= 4 is 17.5 Å². The van der Waals surface area contributed by atoms with E-state index in [1.807, 2.05) is 30.3 Å². The lowest BCUT2D eigenvalue weighted by Crippen LogP contribution is -2.44. The fourth-order valence-electron chi connectivity index (χ4n) is 3.95. The van der Waals surface area contributed by atoms with Crippen LogP contribution in [0.5, 0.6) is 0 Å². The van der Waals surface area contributed by atoms with Gasteiger partial charge in [-0.25, -0.2) is 0 Å². The molecule has 5 heteroatoms. The monoisotopic (exact) mass is 384 g/mol. The number of halogens is 1. The van der Waals surface area contributed by atoms with Crippen LogP contribution in [-0.2, 0) is 9.53 Å². The van der Waals surface area contributed by atoms with Crippen molar-refractivity contribution in [3.8, 4) is 0 Å². The van der Waals surface area contributed by atoms with Crippen LogP contribution in [-0.4, -0.2) is 43.7 Å². The Morgan fingerprint density at radius 3 is 2.56 bits per heavy atom. The van der Waals surface area contributed by atoms with Gasteiger partial charge >= 0.3 is 0 Å². The van der Waals surface area contributed by atoms with Gasteiger partial charge < -0.3 is 10.1 Å². The number of hydrogen-bond donors (Lipinski definition) is 1. The van der Waals surface area contributed by atoms with Gasteiger partial charge in [0.15, 0.2) is 0 Å². The molecule has 2 aliphatic rings. The number of morpholine rings is 1. The molecule has 3 unspecified atom stereocenters. The summed E-state index contributed by atoms with van der Waals surface area (Å²) >= 11 is 6.29. The third-order valence-corrected chi connectivity index (χ3v) is 5.92. The predicted octanol–water partition coefficient (Wildman–Crippen LogP) is 3.63. The van der Waals surface area contributed by atoms with E-state index < -0.39 is 0 Å². The lowest BCUT2D eigenvalue weighted by Gasteiger charge is -2.35. The first-order valence-electron chi connectivity index (χ1n) is 9.63. The first-order chi connectivity index (χ1) is 13.2. The van der Waals surface area contributed by atoms with Crippen molar-refractivity contribution in [1.29, 1.82) is 0 Å². The molecule has 1 amide bonds. The number of nitrogens with one attached hydrogen (secondary N) is 1. The van der Waals surface area contributed by atoms with Crippen LogP contribution in [0.25, 0.3) is 0 Å².